The number of piperidine rings is 1. The van der Waals surface area contributed by atoms with E-state index in [4.69, 9.17) is 16.3 Å². The highest BCUT2D eigenvalue weighted by Crippen LogP contribution is 2.25. The molecule has 1 aliphatic heterocycles. The molecule has 1 aromatic heterocycles. The number of carbonyl (C=O) groups is 1. The van der Waals surface area contributed by atoms with Gasteiger partial charge in [0, 0.05) is 30.2 Å². The van der Waals surface area contributed by atoms with Crippen molar-refractivity contribution in [2.45, 2.75) is 25.3 Å². The van der Waals surface area contributed by atoms with E-state index < -0.39 is 0 Å². The highest BCUT2D eigenvalue weighted by Gasteiger charge is 2.23. The Morgan fingerprint density at radius 3 is 2.90 bits per heavy atom. The highest BCUT2D eigenvalue weighted by atomic mass is 35.5. The summed E-state index contributed by atoms with van der Waals surface area (Å²) in [5, 5.41) is 11.5. The Morgan fingerprint density at radius 2 is 2.10 bits per heavy atom. The van der Waals surface area contributed by atoms with E-state index in [-0.39, 0.29) is 11.9 Å². The lowest BCUT2D eigenvalue weighted by atomic mass is 10.0. The first-order valence-electron chi connectivity index (χ1n) is 10.1. The maximum absolute atomic E-state index is 12.5. The van der Waals surface area contributed by atoms with Crippen LogP contribution in [0.15, 0.2) is 54.6 Å². The van der Waals surface area contributed by atoms with Crippen LogP contribution in [0.4, 0.5) is 5.82 Å². The van der Waals surface area contributed by atoms with Crippen molar-refractivity contribution in [3.63, 3.8) is 0 Å². The number of methoxy groups -OCH3 is 1. The van der Waals surface area contributed by atoms with Crippen molar-refractivity contribution in [1.29, 1.82) is 0 Å². The Balaban J connectivity index is 1.36. The predicted octanol–water partition coefficient (Wildman–Crippen LogP) is 4.07. The van der Waals surface area contributed by atoms with Crippen LogP contribution in [0.5, 0.6) is 5.75 Å². The van der Waals surface area contributed by atoms with Crippen LogP contribution < -0.4 is 15.0 Å². The van der Waals surface area contributed by atoms with Crippen LogP contribution in [-0.4, -0.2) is 42.3 Å². The van der Waals surface area contributed by atoms with Crippen molar-refractivity contribution in [3.8, 4) is 17.0 Å². The summed E-state index contributed by atoms with van der Waals surface area (Å²) in [6, 6.07) is 17.4. The topological polar surface area (TPSA) is 70.2 Å². The van der Waals surface area contributed by atoms with Crippen LogP contribution in [0.25, 0.3) is 11.3 Å². The van der Waals surface area contributed by atoms with Crippen molar-refractivity contribution < 1.29 is 9.53 Å². The first-order chi connectivity index (χ1) is 14.6. The normalized spacial score (nSPS) is 16.3. The molecule has 2 heterocycles. The molecule has 1 saturated heterocycles. The van der Waals surface area contributed by atoms with Gasteiger partial charge in [0.05, 0.1) is 19.2 Å². The van der Waals surface area contributed by atoms with Crippen LogP contribution in [0.1, 0.15) is 18.4 Å². The van der Waals surface area contributed by atoms with Gasteiger partial charge in [0.2, 0.25) is 5.91 Å². The van der Waals surface area contributed by atoms with Gasteiger partial charge in [0.15, 0.2) is 5.82 Å². The first-order valence-corrected chi connectivity index (χ1v) is 10.5. The fourth-order valence-electron chi connectivity index (χ4n) is 3.80. The van der Waals surface area contributed by atoms with E-state index in [2.05, 4.69) is 20.4 Å². The molecule has 6 nitrogen and oxygen atoms in total. The van der Waals surface area contributed by atoms with Gasteiger partial charge in [-0.05, 0) is 48.2 Å². The van der Waals surface area contributed by atoms with Crippen LogP contribution in [0, 0.1) is 0 Å². The molecule has 156 valence electrons. The van der Waals surface area contributed by atoms with Gasteiger partial charge in [0.25, 0.3) is 0 Å². The molecule has 0 saturated carbocycles. The van der Waals surface area contributed by atoms with Gasteiger partial charge in [-0.15, -0.1) is 0 Å². The zero-order valence-electron chi connectivity index (χ0n) is 16.9. The Kier molecular flexibility index (Phi) is 6.23. The molecule has 7 heteroatoms. The number of carbonyl (C=O) groups excluding carboxylic acids is 1. The molecule has 2 aromatic carbocycles. The molecule has 4 rings (SSSR count). The van der Waals surface area contributed by atoms with Crippen molar-refractivity contribution >= 4 is 23.3 Å². The minimum Gasteiger partial charge on any atom is -0.497 e. The molecule has 0 unspecified atom stereocenters. The van der Waals surface area contributed by atoms with Gasteiger partial charge in [-0.2, -0.15) is 5.10 Å². The zero-order valence-corrected chi connectivity index (χ0v) is 17.7. The molecule has 0 bridgehead atoms. The summed E-state index contributed by atoms with van der Waals surface area (Å²) in [5.74, 6) is 1.69. The number of benzene rings is 2. The molecule has 0 radical (unpaired) electrons. The summed E-state index contributed by atoms with van der Waals surface area (Å²) < 4.78 is 5.23. The summed E-state index contributed by atoms with van der Waals surface area (Å²) in [6.45, 7) is 1.67. The second-order valence-electron chi connectivity index (χ2n) is 7.53. The average molecular weight is 425 g/mol. The molecular weight excluding hydrogens is 400 g/mol. The Bertz CT molecular complexity index is 1000. The molecule has 2 N–H and O–H groups in total. The van der Waals surface area contributed by atoms with Crippen LogP contribution >= 0.6 is 11.6 Å². The molecule has 1 fully saturated rings. The van der Waals surface area contributed by atoms with Gasteiger partial charge in [-0.3, -0.25) is 9.89 Å². The molecular formula is C23H25ClN4O2. The van der Waals surface area contributed by atoms with E-state index in [1.807, 2.05) is 54.6 Å². The number of nitrogens with one attached hydrogen (secondary N) is 2. The molecule has 0 aliphatic carbocycles. The summed E-state index contributed by atoms with van der Waals surface area (Å²) in [4.78, 5) is 14.8. The Hall–Kier alpha value is -2.99. The molecule has 1 aliphatic rings. The number of aromatic amines is 1. The number of amides is 1. The molecule has 1 amide bonds. The Labute approximate surface area is 181 Å². The predicted molar refractivity (Wildman–Crippen MR) is 119 cm³/mol. The summed E-state index contributed by atoms with van der Waals surface area (Å²) >= 11 is 5.98. The number of ether oxygens (including phenoxy) is 1. The smallest absolute Gasteiger partial charge is 0.224 e. The second kappa shape index (κ2) is 9.22. The molecule has 0 spiro atoms. The second-order valence-corrected chi connectivity index (χ2v) is 7.96. The van der Waals surface area contributed by atoms with E-state index in [0.717, 1.165) is 54.3 Å². The number of hydrogen-bond acceptors (Lipinski definition) is 4. The minimum absolute atomic E-state index is 0.0268. The quantitative estimate of drug-likeness (QED) is 0.625. The van der Waals surface area contributed by atoms with E-state index in [0.29, 0.717) is 11.4 Å². The number of halogens is 1. The minimum atomic E-state index is 0.0268. The van der Waals surface area contributed by atoms with Crippen molar-refractivity contribution in [2.24, 2.45) is 0 Å². The molecule has 1 atom stereocenters. The largest absolute Gasteiger partial charge is 0.497 e. The monoisotopic (exact) mass is 424 g/mol. The van der Waals surface area contributed by atoms with E-state index in [1.165, 1.54) is 0 Å². The summed E-state index contributed by atoms with van der Waals surface area (Å²) in [7, 11) is 1.63. The van der Waals surface area contributed by atoms with Gasteiger partial charge < -0.3 is 15.0 Å². The SMILES string of the molecule is COc1cccc(CC(=O)N[C@H]2CCCN(c3cc(-c4ccc(Cl)cc4)[nH]n3)C2)c1. The number of rotatable bonds is 6. The van der Waals surface area contributed by atoms with Gasteiger partial charge in [-0.1, -0.05) is 35.9 Å². The van der Waals surface area contributed by atoms with Crippen molar-refractivity contribution in [1.82, 2.24) is 15.5 Å². The number of aromatic nitrogens is 2. The summed E-state index contributed by atoms with van der Waals surface area (Å²) in [5.41, 5.74) is 2.93. The van der Waals surface area contributed by atoms with Crippen LogP contribution in [-0.2, 0) is 11.2 Å². The fourth-order valence-corrected chi connectivity index (χ4v) is 3.93. The van der Waals surface area contributed by atoms with E-state index in [9.17, 15) is 4.79 Å². The van der Waals surface area contributed by atoms with Crippen LogP contribution in [0.2, 0.25) is 5.02 Å². The zero-order chi connectivity index (χ0) is 20.9. The van der Waals surface area contributed by atoms with E-state index >= 15 is 0 Å². The van der Waals surface area contributed by atoms with Crippen molar-refractivity contribution in [2.75, 3.05) is 25.1 Å². The third-order valence-electron chi connectivity index (χ3n) is 5.33. The fraction of sp³-hybridized carbons (Fsp3) is 0.304. The van der Waals surface area contributed by atoms with Gasteiger partial charge in [0.1, 0.15) is 5.75 Å². The van der Waals surface area contributed by atoms with E-state index in [1.54, 1.807) is 7.11 Å². The third kappa shape index (κ3) is 4.94. The lowest BCUT2D eigenvalue weighted by Gasteiger charge is -2.33. The Morgan fingerprint density at radius 1 is 1.27 bits per heavy atom. The number of hydrogen-bond donors (Lipinski definition) is 2. The first kappa shape index (κ1) is 20.3. The molecule has 3 aromatic rings. The number of nitrogens with zero attached hydrogens (tertiary/aromatic N) is 2. The maximum Gasteiger partial charge on any atom is 0.224 e. The third-order valence-corrected chi connectivity index (χ3v) is 5.58. The van der Waals surface area contributed by atoms with Gasteiger partial charge in [-0.25, -0.2) is 0 Å². The summed E-state index contributed by atoms with van der Waals surface area (Å²) in [6.07, 6.45) is 2.32. The van der Waals surface area contributed by atoms with Gasteiger partial charge >= 0.3 is 0 Å². The average Bonchev–Trinajstić information content (AvgIpc) is 3.25. The molecule has 30 heavy (non-hydrogen) atoms. The number of anilines is 1. The standard InChI is InChI=1S/C23H25ClN4O2/c1-30-20-6-2-4-16(12-20)13-23(29)25-19-5-3-11-28(15-19)22-14-21(26-27-22)17-7-9-18(24)10-8-17/h2,4,6-10,12,14,19H,3,5,11,13,15H2,1H3,(H,25,29)(H,26,27)/t19-/m0/s1. The highest BCUT2D eigenvalue weighted by molar-refractivity contribution is 6.30. The lowest BCUT2D eigenvalue weighted by Crippen LogP contribution is -2.48. The van der Waals surface area contributed by atoms with Crippen LogP contribution in [0.3, 0.4) is 0 Å². The lowest BCUT2D eigenvalue weighted by molar-refractivity contribution is -0.121. The number of H-pyrrole nitrogens is 1. The maximum atomic E-state index is 12.5. The van der Waals surface area contributed by atoms with Crippen molar-refractivity contribution in [3.05, 3.63) is 65.2 Å².